The van der Waals surface area contributed by atoms with Gasteiger partial charge in [0.25, 0.3) is 5.91 Å². The third kappa shape index (κ3) is 2.79. The van der Waals surface area contributed by atoms with Gasteiger partial charge in [0.15, 0.2) is 0 Å². The Labute approximate surface area is 114 Å². The number of H-pyrrole nitrogens is 1. The summed E-state index contributed by atoms with van der Waals surface area (Å²) in [6.07, 6.45) is 2.85. The minimum Gasteiger partial charge on any atom is -0.495 e. The Morgan fingerprint density at radius 1 is 1.32 bits per heavy atom. The quantitative estimate of drug-likeness (QED) is 0.902. The molecule has 0 aliphatic heterocycles. The van der Waals surface area contributed by atoms with Gasteiger partial charge in [0.1, 0.15) is 17.2 Å². The molecule has 2 aromatic rings. The zero-order chi connectivity index (χ0) is 13.8. The molecule has 1 aromatic heterocycles. The minimum absolute atomic E-state index is 0.333. The second-order valence-electron chi connectivity index (χ2n) is 3.61. The second kappa shape index (κ2) is 5.62. The van der Waals surface area contributed by atoms with Crippen LogP contribution in [0.5, 0.6) is 11.5 Å². The SMILES string of the molecule is COc1cc(NC(=O)c2cnc[nH]2)c(OC)cc1Cl. The molecule has 0 saturated heterocycles. The van der Waals surface area contributed by atoms with E-state index in [0.29, 0.717) is 27.9 Å². The van der Waals surface area contributed by atoms with Gasteiger partial charge in [0.2, 0.25) is 0 Å². The van der Waals surface area contributed by atoms with E-state index in [-0.39, 0.29) is 5.91 Å². The molecule has 0 fully saturated rings. The summed E-state index contributed by atoms with van der Waals surface area (Å²) in [7, 11) is 2.98. The molecule has 19 heavy (non-hydrogen) atoms. The Bertz CT molecular complexity index is 584. The summed E-state index contributed by atoms with van der Waals surface area (Å²) in [6, 6.07) is 3.17. The lowest BCUT2D eigenvalue weighted by atomic mass is 10.2. The van der Waals surface area contributed by atoms with Gasteiger partial charge in [-0.15, -0.1) is 0 Å². The fraction of sp³-hybridized carbons (Fsp3) is 0.167. The largest absolute Gasteiger partial charge is 0.495 e. The van der Waals surface area contributed by atoms with Crippen LogP contribution < -0.4 is 14.8 Å². The zero-order valence-electron chi connectivity index (χ0n) is 10.4. The standard InChI is InChI=1S/C12H12ClN3O3/c1-18-10-4-8(11(19-2)3-7(10)13)16-12(17)9-5-14-6-15-9/h3-6H,1-2H3,(H,14,15)(H,16,17). The van der Waals surface area contributed by atoms with Crippen LogP contribution in [0.4, 0.5) is 5.69 Å². The predicted octanol–water partition coefficient (Wildman–Crippen LogP) is 2.33. The van der Waals surface area contributed by atoms with Crippen molar-refractivity contribution in [2.45, 2.75) is 0 Å². The molecule has 2 rings (SSSR count). The van der Waals surface area contributed by atoms with Crippen molar-refractivity contribution < 1.29 is 14.3 Å². The second-order valence-corrected chi connectivity index (χ2v) is 4.01. The van der Waals surface area contributed by atoms with E-state index >= 15 is 0 Å². The molecule has 100 valence electrons. The first-order valence-corrected chi connectivity index (χ1v) is 5.74. The molecular weight excluding hydrogens is 270 g/mol. The molecule has 0 unspecified atom stereocenters. The van der Waals surface area contributed by atoms with Crippen LogP contribution in [0.2, 0.25) is 5.02 Å². The summed E-state index contributed by atoms with van der Waals surface area (Å²) < 4.78 is 10.3. The first-order valence-electron chi connectivity index (χ1n) is 5.37. The zero-order valence-corrected chi connectivity index (χ0v) is 11.1. The lowest BCUT2D eigenvalue weighted by Gasteiger charge is -2.12. The normalized spacial score (nSPS) is 10.1. The maximum absolute atomic E-state index is 11.9. The highest BCUT2D eigenvalue weighted by atomic mass is 35.5. The van der Waals surface area contributed by atoms with Gasteiger partial charge in [-0.25, -0.2) is 4.98 Å². The van der Waals surface area contributed by atoms with Crippen LogP contribution in [-0.2, 0) is 0 Å². The average molecular weight is 282 g/mol. The number of rotatable bonds is 4. The number of aromatic nitrogens is 2. The van der Waals surface area contributed by atoms with Crippen LogP contribution in [0.25, 0.3) is 0 Å². The lowest BCUT2D eigenvalue weighted by molar-refractivity contribution is 0.102. The van der Waals surface area contributed by atoms with E-state index in [4.69, 9.17) is 21.1 Å². The molecule has 0 saturated carbocycles. The summed E-state index contributed by atoms with van der Waals surface area (Å²) in [4.78, 5) is 18.4. The minimum atomic E-state index is -0.333. The number of anilines is 1. The summed E-state index contributed by atoms with van der Waals surface area (Å²) in [5.74, 6) is 0.557. The highest BCUT2D eigenvalue weighted by Crippen LogP contribution is 2.35. The van der Waals surface area contributed by atoms with Crippen molar-refractivity contribution >= 4 is 23.2 Å². The van der Waals surface area contributed by atoms with E-state index in [1.165, 1.54) is 26.7 Å². The number of nitrogens with zero attached hydrogens (tertiary/aromatic N) is 1. The number of aromatic amines is 1. The molecule has 1 amide bonds. The Morgan fingerprint density at radius 3 is 2.63 bits per heavy atom. The average Bonchev–Trinajstić information content (AvgIpc) is 2.94. The number of carbonyl (C=O) groups excluding carboxylic acids is 1. The summed E-state index contributed by atoms with van der Waals surface area (Å²) in [5.41, 5.74) is 0.805. The first-order chi connectivity index (χ1) is 9.15. The van der Waals surface area contributed by atoms with E-state index in [1.807, 2.05) is 0 Å². The van der Waals surface area contributed by atoms with Gasteiger partial charge < -0.3 is 19.8 Å². The van der Waals surface area contributed by atoms with Crippen molar-refractivity contribution in [2.75, 3.05) is 19.5 Å². The van der Waals surface area contributed by atoms with Gasteiger partial charge >= 0.3 is 0 Å². The highest BCUT2D eigenvalue weighted by Gasteiger charge is 2.14. The van der Waals surface area contributed by atoms with Gasteiger partial charge in [-0.3, -0.25) is 4.79 Å². The third-order valence-corrected chi connectivity index (χ3v) is 2.76. The van der Waals surface area contributed by atoms with Crippen LogP contribution in [0, 0.1) is 0 Å². The topological polar surface area (TPSA) is 76.2 Å². The molecule has 0 bridgehead atoms. The maximum atomic E-state index is 11.9. The molecular formula is C12H12ClN3O3. The van der Waals surface area contributed by atoms with Crippen molar-refractivity contribution in [2.24, 2.45) is 0 Å². The summed E-state index contributed by atoms with van der Waals surface area (Å²) in [5, 5.41) is 3.09. The van der Waals surface area contributed by atoms with E-state index < -0.39 is 0 Å². The summed E-state index contributed by atoms with van der Waals surface area (Å²) >= 11 is 5.98. The van der Waals surface area contributed by atoms with Gasteiger partial charge in [-0.2, -0.15) is 0 Å². The van der Waals surface area contributed by atoms with Crippen molar-refractivity contribution in [3.05, 3.63) is 35.4 Å². The Balaban J connectivity index is 2.31. The Morgan fingerprint density at radius 2 is 2.05 bits per heavy atom. The van der Waals surface area contributed by atoms with E-state index in [1.54, 1.807) is 12.1 Å². The number of benzene rings is 1. The molecule has 6 nitrogen and oxygen atoms in total. The van der Waals surface area contributed by atoms with Crippen molar-refractivity contribution in [3.8, 4) is 11.5 Å². The number of imidazole rings is 1. The fourth-order valence-electron chi connectivity index (χ4n) is 1.53. The molecule has 1 aromatic carbocycles. The molecule has 1 heterocycles. The highest BCUT2D eigenvalue weighted by molar-refractivity contribution is 6.32. The van der Waals surface area contributed by atoms with Gasteiger partial charge in [-0.1, -0.05) is 11.6 Å². The number of hydrogen-bond acceptors (Lipinski definition) is 4. The van der Waals surface area contributed by atoms with E-state index in [9.17, 15) is 4.79 Å². The van der Waals surface area contributed by atoms with E-state index in [0.717, 1.165) is 0 Å². The monoisotopic (exact) mass is 281 g/mol. The lowest BCUT2D eigenvalue weighted by Crippen LogP contribution is -2.13. The molecule has 0 spiro atoms. The third-order valence-electron chi connectivity index (χ3n) is 2.46. The van der Waals surface area contributed by atoms with Crippen molar-refractivity contribution in [1.29, 1.82) is 0 Å². The number of nitrogens with one attached hydrogen (secondary N) is 2. The number of carbonyl (C=O) groups is 1. The predicted molar refractivity (Wildman–Crippen MR) is 71.1 cm³/mol. The summed E-state index contributed by atoms with van der Waals surface area (Å²) in [6.45, 7) is 0. The maximum Gasteiger partial charge on any atom is 0.273 e. The van der Waals surface area contributed by atoms with Crippen molar-refractivity contribution in [3.63, 3.8) is 0 Å². The first kappa shape index (κ1) is 13.2. The Kier molecular flexibility index (Phi) is 3.91. The van der Waals surface area contributed by atoms with Crippen LogP contribution in [0.1, 0.15) is 10.5 Å². The van der Waals surface area contributed by atoms with E-state index in [2.05, 4.69) is 15.3 Å². The number of hydrogen-bond donors (Lipinski definition) is 2. The van der Waals surface area contributed by atoms with Crippen LogP contribution >= 0.6 is 11.6 Å². The number of ether oxygens (including phenoxy) is 2. The number of methoxy groups -OCH3 is 2. The molecule has 0 atom stereocenters. The fourth-order valence-corrected chi connectivity index (χ4v) is 1.76. The number of halogens is 1. The smallest absolute Gasteiger partial charge is 0.273 e. The number of amides is 1. The molecule has 0 aliphatic carbocycles. The van der Waals surface area contributed by atoms with Crippen molar-refractivity contribution in [1.82, 2.24) is 9.97 Å². The molecule has 2 N–H and O–H groups in total. The van der Waals surface area contributed by atoms with Gasteiger partial charge in [-0.05, 0) is 0 Å². The molecule has 0 radical (unpaired) electrons. The molecule has 7 heteroatoms. The Hall–Kier alpha value is -2.21. The van der Waals surface area contributed by atoms with Crippen LogP contribution in [0.15, 0.2) is 24.7 Å². The van der Waals surface area contributed by atoms with Crippen LogP contribution in [0.3, 0.4) is 0 Å². The van der Waals surface area contributed by atoms with Gasteiger partial charge in [0.05, 0.1) is 37.5 Å². The van der Waals surface area contributed by atoms with Gasteiger partial charge in [0, 0.05) is 12.1 Å². The molecule has 0 aliphatic rings. The van der Waals surface area contributed by atoms with Crippen LogP contribution in [-0.4, -0.2) is 30.1 Å².